The van der Waals surface area contributed by atoms with Crippen molar-refractivity contribution in [2.45, 2.75) is 19.8 Å². The van der Waals surface area contributed by atoms with E-state index in [9.17, 15) is 0 Å². The second kappa shape index (κ2) is 3.82. The van der Waals surface area contributed by atoms with Gasteiger partial charge in [0.25, 0.3) is 0 Å². The molecule has 0 aliphatic carbocycles. The fourth-order valence-electron chi connectivity index (χ4n) is 1.82. The average Bonchev–Trinajstić information content (AvgIpc) is 2.71. The maximum absolute atomic E-state index is 4.28. The minimum absolute atomic E-state index is 1.01. The Bertz CT molecular complexity index is 338. The van der Waals surface area contributed by atoms with Gasteiger partial charge < -0.3 is 4.90 Å². The van der Waals surface area contributed by atoms with Gasteiger partial charge in [-0.25, -0.2) is 0 Å². The van der Waals surface area contributed by atoms with Crippen molar-refractivity contribution in [3.8, 4) is 0 Å². The van der Waals surface area contributed by atoms with Crippen LogP contribution >= 0.6 is 0 Å². The highest BCUT2D eigenvalue weighted by Crippen LogP contribution is 2.21. The first-order valence-corrected chi connectivity index (χ1v) is 5.14. The molecule has 0 bridgehead atoms. The van der Waals surface area contributed by atoms with Gasteiger partial charge in [-0.15, -0.1) is 0 Å². The van der Waals surface area contributed by atoms with E-state index in [-0.39, 0.29) is 0 Å². The number of rotatable bonds is 2. The van der Waals surface area contributed by atoms with Gasteiger partial charge in [0.1, 0.15) is 0 Å². The van der Waals surface area contributed by atoms with E-state index in [1.807, 2.05) is 13.1 Å². The zero-order valence-corrected chi connectivity index (χ0v) is 8.66. The molecule has 1 saturated heterocycles. The lowest BCUT2D eigenvalue weighted by Crippen LogP contribution is -2.17. The fourth-order valence-corrected chi connectivity index (χ4v) is 1.82. The van der Waals surface area contributed by atoms with Crippen molar-refractivity contribution in [3.63, 3.8) is 0 Å². The van der Waals surface area contributed by atoms with Gasteiger partial charge in [-0.05, 0) is 37.5 Å². The Balaban J connectivity index is 2.25. The number of anilines is 1. The molecule has 2 heteroatoms. The lowest BCUT2D eigenvalue weighted by atomic mass is 10.2. The smallest absolute Gasteiger partial charge is 0.0673 e. The molecule has 2 rings (SSSR count). The summed E-state index contributed by atoms with van der Waals surface area (Å²) >= 11 is 0. The molecule has 1 aliphatic rings. The second-order valence-electron chi connectivity index (χ2n) is 3.87. The molecule has 1 fully saturated rings. The normalized spacial score (nSPS) is 15.9. The highest BCUT2D eigenvalue weighted by molar-refractivity contribution is 5.62. The molecule has 0 radical (unpaired) electrons. The van der Waals surface area contributed by atoms with E-state index in [0.717, 1.165) is 11.3 Å². The quantitative estimate of drug-likeness (QED) is 0.709. The summed E-state index contributed by atoms with van der Waals surface area (Å²) in [6.07, 6.45) is 4.49. The van der Waals surface area contributed by atoms with Gasteiger partial charge in [0.05, 0.1) is 5.69 Å². The third-order valence-corrected chi connectivity index (χ3v) is 2.65. The first-order valence-electron chi connectivity index (χ1n) is 5.14. The first kappa shape index (κ1) is 9.25. The van der Waals surface area contributed by atoms with Crippen molar-refractivity contribution in [1.82, 2.24) is 4.98 Å². The topological polar surface area (TPSA) is 16.1 Å². The van der Waals surface area contributed by atoms with Crippen molar-refractivity contribution >= 4 is 11.3 Å². The molecule has 2 heterocycles. The Kier molecular flexibility index (Phi) is 2.53. The van der Waals surface area contributed by atoms with E-state index in [1.54, 1.807) is 0 Å². The van der Waals surface area contributed by atoms with Crippen LogP contribution < -0.4 is 4.90 Å². The number of aromatic nitrogens is 1. The molecule has 0 saturated carbocycles. The predicted octanol–water partition coefficient (Wildman–Crippen LogP) is 2.71. The third kappa shape index (κ3) is 1.79. The maximum Gasteiger partial charge on any atom is 0.0673 e. The predicted molar refractivity (Wildman–Crippen MR) is 60.4 cm³/mol. The molecular weight excluding hydrogens is 172 g/mol. The minimum Gasteiger partial charge on any atom is -0.371 e. The minimum atomic E-state index is 1.01. The number of pyridine rings is 1. The van der Waals surface area contributed by atoms with Gasteiger partial charge in [0.2, 0.25) is 0 Å². The molecule has 0 N–H and O–H groups in total. The molecule has 0 spiro atoms. The van der Waals surface area contributed by atoms with Crippen molar-refractivity contribution in [2.24, 2.45) is 0 Å². The Morgan fingerprint density at radius 2 is 2.14 bits per heavy atom. The number of nitrogens with zero attached hydrogens (tertiary/aromatic N) is 2. The molecule has 14 heavy (non-hydrogen) atoms. The number of hydrogen-bond donors (Lipinski definition) is 0. The summed E-state index contributed by atoms with van der Waals surface area (Å²) in [7, 11) is 0. The lowest BCUT2D eigenvalue weighted by molar-refractivity contribution is 0.949. The van der Waals surface area contributed by atoms with Crippen molar-refractivity contribution in [3.05, 3.63) is 30.6 Å². The SMILES string of the molecule is C=C(C)c1cc(N2CCCC2)ccn1. The number of hydrogen-bond acceptors (Lipinski definition) is 2. The van der Waals surface area contributed by atoms with E-state index in [2.05, 4.69) is 28.6 Å². The number of allylic oxidation sites excluding steroid dienone is 1. The zero-order chi connectivity index (χ0) is 9.97. The summed E-state index contributed by atoms with van der Waals surface area (Å²) in [5.41, 5.74) is 3.33. The molecule has 1 aromatic heterocycles. The molecule has 1 aliphatic heterocycles. The lowest BCUT2D eigenvalue weighted by Gasteiger charge is -2.17. The van der Waals surface area contributed by atoms with E-state index < -0.39 is 0 Å². The Labute approximate surface area is 85.3 Å². The fraction of sp³-hybridized carbons (Fsp3) is 0.417. The van der Waals surface area contributed by atoms with E-state index in [1.165, 1.54) is 31.6 Å². The summed E-state index contributed by atoms with van der Waals surface area (Å²) in [4.78, 5) is 6.69. The van der Waals surface area contributed by atoms with Gasteiger partial charge >= 0.3 is 0 Å². The molecule has 2 nitrogen and oxygen atoms in total. The van der Waals surface area contributed by atoms with Crippen LogP contribution in [0.2, 0.25) is 0 Å². The van der Waals surface area contributed by atoms with Gasteiger partial charge in [-0.2, -0.15) is 0 Å². The van der Waals surface area contributed by atoms with Crippen LogP contribution in [0.15, 0.2) is 24.9 Å². The van der Waals surface area contributed by atoms with Gasteiger partial charge in [-0.3, -0.25) is 4.98 Å². The van der Waals surface area contributed by atoms with Crippen LogP contribution in [0.3, 0.4) is 0 Å². The van der Waals surface area contributed by atoms with Crippen LogP contribution in [0.1, 0.15) is 25.5 Å². The summed E-state index contributed by atoms with van der Waals surface area (Å²) < 4.78 is 0. The summed E-state index contributed by atoms with van der Waals surface area (Å²) in [5, 5.41) is 0. The monoisotopic (exact) mass is 188 g/mol. The Morgan fingerprint density at radius 1 is 1.43 bits per heavy atom. The summed E-state index contributed by atoms with van der Waals surface area (Å²) in [6, 6.07) is 4.21. The van der Waals surface area contributed by atoms with Crippen LogP contribution in [-0.4, -0.2) is 18.1 Å². The van der Waals surface area contributed by atoms with E-state index in [4.69, 9.17) is 0 Å². The molecular formula is C12H16N2. The first-order chi connectivity index (χ1) is 6.77. The van der Waals surface area contributed by atoms with Crippen LogP contribution in [0.4, 0.5) is 5.69 Å². The van der Waals surface area contributed by atoms with Gasteiger partial charge in [-0.1, -0.05) is 6.58 Å². The second-order valence-corrected chi connectivity index (χ2v) is 3.87. The average molecular weight is 188 g/mol. The summed E-state index contributed by atoms with van der Waals surface area (Å²) in [5.74, 6) is 0. The van der Waals surface area contributed by atoms with Crippen LogP contribution in [0.25, 0.3) is 5.57 Å². The molecule has 0 unspecified atom stereocenters. The zero-order valence-electron chi connectivity index (χ0n) is 8.66. The van der Waals surface area contributed by atoms with Crippen LogP contribution in [0.5, 0.6) is 0 Å². The largest absolute Gasteiger partial charge is 0.371 e. The third-order valence-electron chi connectivity index (χ3n) is 2.65. The molecule has 1 aromatic rings. The highest BCUT2D eigenvalue weighted by Gasteiger charge is 2.12. The summed E-state index contributed by atoms with van der Waals surface area (Å²) in [6.45, 7) is 8.27. The molecule has 0 atom stereocenters. The Hall–Kier alpha value is -1.31. The maximum atomic E-state index is 4.28. The van der Waals surface area contributed by atoms with E-state index in [0.29, 0.717) is 0 Å². The standard InChI is InChI=1S/C12H16N2/c1-10(2)12-9-11(5-6-13-12)14-7-3-4-8-14/h5-6,9H,1,3-4,7-8H2,2H3. The molecule has 0 amide bonds. The van der Waals surface area contributed by atoms with Gasteiger partial charge in [0, 0.05) is 25.0 Å². The Morgan fingerprint density at radius 3 is 2.79 bits per heavy atom. The van der Waals surface area contributed by atoms with Crippen LogP contribution in [-0.2, 0) is 0 Å². The molecule has 0 aromatic carbocycles. The molecule has 74 valence electrons. The van der Waals surface area contributed by atoms with Crippen LogP contribution in [0, 0.1) is 0 Å². The highest BCUT2D eigenvalue weighted by atomic mass is 15.1. The van der Waals surface area contributed by atoms with Crippen molar-refractivity contribution in [2.75, 3.05) is 18.0 Å². The van der Waals surface area contributed by atoms with Gasteiger partial charge in [0.15, 0.2) is 0 Å². The van der Waals surface area contributed by atoms with Crippen molar-refractivity contribution in [1.29, 1.82) is 0 Å². The van der Waals surface area contributed by atoms with E-state index >= 15 is 0 Å². The van der Waals surface area contributed by atoms with Crippen molar-refractivity contribution < 1.29 is 0 Å².